The number of nitrogens with one attached hydrogen (secondary N) is 1. The second-order valence-corrected chi connectivity index (χ2v) is 6.45. The molecule has 1 saturated heterocycles. The summed E-state index contributed by atoms with van der Waals surface area (Å²) in [4.78, 5) is 43.7. The second kappa shape index (κ2) is 14.5. The Morgan fingerprint density at radius 2 is 1.61 bits per heavy atom. The normalized spacial score (nSPS) is 14.8. The Hall–Kier alpha value is -2.50. The van der Waals surface area contributed by atoms with Crippen molar-refractivity contribution in [1.29, 1.82) is 0 Å². The molecule has 0 aromatic heterocycles. The third-order valence-corrected chi connectivity index (χ3v) is 3.56. The molecule has 6 heteroatoms. The van der Waals surface area contributed by atoms with Crippen LogP contribution in [0.4, 0.5) is 5.69 Å². The third-order valence-electron chi connectivity index (χ3n) is 3.56. The van der Waals surface area contributed by atoms with Crippen LogP contribution in [-0.4, -0.2) is 23.4 Å². The van der Waals surface area contributed by atoms with Gasteiger partial charge in [-0.3, -0.25) is 24.5 Å². The molecule has 0 spiro atoms. The van der Waals surface area contributed by atoms with Crippen molar-refractivity contribution in [3.63, 3.8) is 0 Å². The molecule has 2 amide bonds. The Labute approximate surface area is 169 Å². The number of ketones is 2. The van der Waals surface area contributed by atoms with Crippen molar-refractivity contribution < 1.29 is 19.2 Å². The first-order valence-electron chi connectivity index (χ1n) is 9.80. The lowest BCUT2D eigenvalue weighted by Gasteiger charge is -2.15. The molecule has 158 valence electrons. The Kier molecular flexibility index (Phi) is 14.4. The van der Waals surface area contributed by atoms with Gasteiger partial charge in [0.2, 0.25) is 11.8 Å². The first kappa shape index (κ1) is 27.7. The average molecular weight is 393 g/mol. The lowest BCUT2D eigenvalue weighted by atomic mass is 9.97. The van der Waals surface area contributed by atoms with E-state index in [0.29, 0.717) is 29.7 Å². The number of benzene rings is 1. The molecule has 28 heavy (non-hydrogen) atoms. The predicted octanol–water partition coefficient (Wildman–Crippen LogP) is 4.48. The summed E-state index contributed by atoms with van der Waals surface area (Å²) < 4.78 is 0. The van der Waals surface area contributed by atoms with Gasteiger partial charge in [-0.2, -0.15) is 0 Å². The van der Waals surface area contributed by atoms with E-state index in [1.54, 1.807) is 12.1 Å². The number of carbonyl (C=O) groups excluding carboxylic acids is 4. The third kappa shape index (κ3) is 10.00. The zero-order chi connectivity index (χ0) is 22.4. The number of carbonyl (C=O) groups is 4. The van der Waals surface area contributed by atoms with E-state index in [-0.39, 0.29) is 29.3 Å². The maximum Gasteiger partial charge on any atom is 0.229 e. The number of amides is 2. The number of Topliss-reactive ketones (excluding diaryl/α,β-unsaturated/α-hetero) is 2. The Bertz CT molecular complexity index is 681. The molecule has 0 saturated carbocycles. The van der Waals surface area contributed by atoms with Crippen LogP contribution in [0, 0.1) is 12.8 Å². The van der Waals surface area contributed by atoms with Gasteiger partial charge in [0.25, 0.3) is 0 Å². The van der Waals surface area contributed by atoms with Crippen LogP contribution in [-0.2, 0) is 9.59 Å². The van der Waals surface area contributed by atoms with E-state index in [4.69, 9.17) is 5.73 Å². The molecule has 1 aliphatic rings. The van der Waals surface area contributed by atoms with Gasteiger partial charge < -0.3 is 5.73 Å². The van der Waals surface area contributed by atoms with Gasteiger partial charge in [-0.15, -0.1) is 0 Å². The smallest absolute Gasteiger partial charge is 0.229 e. The fourth-order valence-electron chi connectivity index (χ4n) is 2.29. The summed E-state index contributed by atoms with van der Waals surface area (Å²) in [7, 11) is 0. The van der Waals surface area contributed by atoms with Crippen molar-refractivity contribution in [3.05, 3.63) is 28.8 Å². The summed E-state index contributed by atoms with van der Waals surface area (Å²) >= 11 is 0. The lowest BCUT2D eigenvalue weighted by Crippen LogP contribution is -2.39. The molecule has 2 rings (SSSR count). The zero-order valence-corrected chi connectivity index (χ0v) is 18.6. The van der Waals surface area contributed by atoms with Crippen LogP contribution in [0.25, 0.3) is 0 Å². The zero-order valence-electron chi connectivity index (χ0n) is 18.6. The second-order valence-electron chi connectivity index (χ2n) is 6.45. The van der Waals surface area contributed by atoms with Crippen molar-refractivity contribution in [2.75, 3.05) is 5.73 Å². The maximum atomic E-state index is 11.3. The van der Waals surface area contributed by atoms with Crippen LogP contribution in [0.2, 0.25) is 0 Å². The SMILES string of the molecule is CC.CC(=O)c1cc(C)cc(N)c1C(C)=O.CC1CCC(=O)NC1=O.CCC. The highest BCUT2D eigenvalue weighted by Gasteiger charge is 2.21. The van der Waals surface area contributed by atoms with Crippen molar-refractivity contribution in [3.8, 4) is 0 Å². The minimum atomic E-state index is -0.173. The van der Waals surface area contributed by atoms with Gasteiger partial charge in [0.1, 0.15) is 0 Å². The number of hydrogen-bond acceptors (Lipinski definition) is 5. The van der Waals surface area contributed by atoms with Crippen LogP contribution in [0.3, 0.4) is 0 Å². The van der Waals surface area contributed by atoms with E-state index < -0.39 is 0 Å². The number of aryl methyl sites for hydroxylation is 1. The molecule has 1 aromatic carbocycles. The molecule has 6 nitrogen and oxygen atoms in total. The maximum absolute atomic E-state index is 11.3. The molecule has 1 heterocycles. The highest BCUT2D eigenvalue weighted by molar-refractivity contribution is 6.10. The van der Waals surface area contributed by atoms with E-state index in [1.165, 1.54) is 20.3 Å². The summed E-state index contributed by atoms with van der Waals surface area (Å²) in [6, 6.07) is 3.39. The van der Waals surface area contributed by atoms with Crippen LogP contribution < -0.4 is 11.1 Å². The fourth-order valence-corrected chi connectivity index (χ4v) is 2.29. The summed E-state index contributed by atoms with van der Waals surface area (Å²) in [5.74, 6) is -0.564. The molecule has 0 radical (unpaired) electrons. The lowest BCUT2D eigenvalue weighted by molar-refractivity contribution is -0.135. The van der Waals surface area contributed by atoms with Gasteiger partial charge in [0.15, 0.2) is 11.6 Å². The van der Waals surface area contributed by atoms with Gasteiger partial charge in [0.05, 0.1) is 5.56 Å². The molecular formula is C22H36N2O4. The molecule has 0 aliphatic carbocycles. The van der Waals surface area contributed by atoms with Gasteiger partial charge in [-0.05, 0) is 44.9 Å². The molecule has 1 unspecified atom stereocenters. The van der Waals surface area contributed by atoms with E-state index in [0.717, 1.165) is 5.56 Å². The number of nitrogen functional groups attached to an aromatic ring is 1. The van der Waals surface area contributed by atoms with Crippen LogP contribution in [0.15, 0.2) is 12.1 Å². The number of nitrogens with two attached hydrogens (primary N) is 1. The highest BCUT2D eigenvalue weighted by atomic mass is 16.2. The van der Waals surface area contributed by atoms with E-state index in [1.807, 2.05) is 27.7 Å². The van der Waals surface area contributed by atoms with Crippen molar-refractivity contribution >= 4 is 29.1 Å². The van der Waals surface area contributed by atoms with Crippen LogP contribution in [0.5, 0.6) is 0 Å². The van der Waals surface area contributed by atoms with Crippen LogP contribution in [0.1, 0.15) is 94.0 Å². The van der Waals surface area contributed by atoms with E-state index in [9.17, 15) is 19.2 Å². The Morgan fingerprint density at radius 1 is 1.11 bits per heavy atom. The summed E-state index contributed by atoms with van der Waals surface area (Å²) in [6.07, 6.45) is 2.44. The number of anilines is 1. The summed E-state index contributed by atoms with van der Waals surface area (Å²) in [5, 5.41) is 2.25. The van der Waals surface area contributed by atoms with E-state index in [2.05, 4.69) is 19.2 Å². The van der Waals surface area contributed by atoms with Crippen LogP contribution >= 0.6 is 0 Å². The monoisotopic (exact) mass is 392 g/mol. The molecule has 1 atom stereocenters. The van der Waals surface area contributed by atoms with E-state index >= 15 is 0 Å². The molecule has 3 N–H and O–H groups in total. The number of hydrogen-bond donors (Lipinski definition) is 2. The standard InChI is InChI=1S/C11H13NO2.C6H9NO2.C3H8.C2H6/c1-6-4-9(7(2)13)11(8(3)14)10(12)5-6;1-4-2-3-5(8)7-6(4)9;1-3-2;1-2/h4-5H,12H2,1-3H3;4H,2-3H2,1H3,(H,7,8,9);3H2,1-2H3;1-2H3. The largest absolute Gasteiger partial charge is 0.398 e. The number of imide groups is 1. The van der Waals surface area contributed by atoms with Crippen molar-refractivity contribution in [2.24, 2.45) is 5.92 Å². The average Bonchev–Trinajstić information content (AvgIpc) is 2.60. The summed E-state index contributed by atoms with van der Waals surface area (Å²) in [6.45, 7) is 14.8. The topological polar surface area (TPSA) is 106 Å². The number of rotatable bonds is 2. The van der Waals surface area contributed by atoms with Gasteiger partial charge >= 0.3 is 0 Å². The highest BCUT2D eigenvalue weighted by Crippen LogP contribution is 2.20. The minimum absolute atomic E-state index is 0.0164. The molecule has 1 aromatic rings. The fraction of sp³-hybridized carbons (Fsp3) is 0.545. The molecule has 0 bridgehead atoms. The summed E-state index contributed by atoms with van der Waals surface area (Å²) in [5.41, 5.74) is 7.70. The minimum Gasteiger partial charge on any atom is -0.398 e. The van der Waals surface area contributed by atoms with Gasteiger partial charge in [0, 0.05) is 23.6 Å². The Balaban J connectivity index is 0. The first-order chi connectivity index (χ1) is 13.0. The Morgan fingerprint density at radius 3 is 1.96 bits per heavy atom. The van der Waals surface area contributed by atoms with Gasteiger partial charge in [-0.25, -0.2) is 0 Å². The van der Waals surface area contributed by atoms with Crippen molar-refractivity contribution in [1.82, 2.24) is 5.32 Å². The molecule has 1 fully saturated rings. The number of piperidine rings is 1. The first-order valence-corrected chi connectivity index (χ1v) is 9.80. The van der Waals surface area contributed by atoms with Crippen molar-refractivity contribution in [2.45, 2.75) is 74.7 Å². The van der Waals surface area contributed by atoms with Gasteiger partial charge in [-0.1, -0.05) is 41.0 Å². The quantitative estimate of drug-likeness (QED) is 0.438. The predicted molar refractivity (Wildman–Crippen MR) is 114 cm³/mol. The molecular weight excluding hydrogens is 356 g/mol. The molecule has 1 aliphatic heterocycles.